The maximum atomic E-state index is 3.64. The summed E-state index contributed by atoms with van der Waals surface area (Å²) in [5, 5.41) is 3.64. The number of allylic oxidation sites excluding steroid dienone is 5. The van der Waals surface area contributed by atoms with Crippen LogP contribution in [0, 0.1) is 5.92 Å². The predicted octanol–water partition coefficient (Wildman–Crippen LogP) is 3.55. The summed E-state index contributed by atoms with van der Waals surface area (Å²) in [6.07, 6.45) is 13.3. The Morgan fingerprint density at radius 1 is 1.00 bits per heavy atom. The van der Waals surface area contributed by atoms with E-state index in [2.05, 4.69) is 66.0 Å². The minimum atomic E-state index is 0.411. The van der Waals surface area contributed by atoms with Gasteiger partial charge in [0, 0.05) is 17.2 Å². The van der Waals surface area contributed by atoms with E-state index in [0.717, 1.165) is 0 Å². The van der Waals surface area contributed by atoms with Crippen LogP contribution in [0.15, 0.2) is 66.3 Å². The standard InChI is InChI=1S/C16H13N/c1-2-6-12-11(5-1)9-10-14-13-7-3-4-8-15(13)17-16(12)14/h1-10,12,16-17H. The topological polar surface area (TPSA) is 12.0 Å². The number of para-hydroxylation sites is 1. The van der Waals surface area contributed by atoms with Crippen LogP contribution < -0.4 is 5.32 Å². The van der Waals surface area contributed by atoms with Crippen LogP contribution in [0.4, 0.5) is 5.69 Å². The Hall–Kier alpha value is -2.02. The molecule has 0 aromatic heterocycles. The lowest BCUT2D eigenvalue weighted by atomic mass is 9.80. The molecule has 1 N–H and O–H groups in total. The first kappa shape index (κ1) is 9.06. The molecule has 4 rings (SSSR count). The zero-order valence-electron chi connectivity index (χ0n) is 9.43. The zero-order chi connectivity index (χ0) is 11.2. The Morgan fingerprint density at radius 3 is 2.94 bits per heavy atom. The normalized spacial score (nSPS) is 27.5. The van der Waals surface area contributed by atoms with E-state index in [9.17, 15) is 0 Å². The van der Waals surface area contributed by atoms with E-state index in [1.54, 1.807) is 0 Å². The molecule has 17 heavy (non-hydrogen) atoms. The fraction of sp³-hybridized carbons (Fsp3) is 0.125. The number of benzene rings is 1. The molecular weight excluding hydrogens is 206 g/mol. The van der Waals surface area contributed by atoms with Crippen LogP contribution in [0.25, 0.3) is 5.57 Å². The minimum Gasteiger partial charge on any atom is -0.377 e. The van der Waals surface area contributed by atoms with Gasteiger partial charge in [0.15, 0.2) is 0 Å². The number of anilines is 1. The molecule has 0 saturated carbocycles. The minimum absolute atomic E-state index is 0.411. The third-order valence-electron chi connectivity index (χ3n) is 3.80. The summed E-state index contributed by atoms with van der Waals surface area (Å²) in [6.45, 7) is 0. The van der Waals surface area contributed by atoms with E-state index in [1.165, 1.54) is 22.4 Å². The Labute approximate surface area is 101 Å². The molecule has 0 spiro atoms. The van der Waals surface area contributed by atoms with E-state index < -0.39 is 0 Å². The van der Waals surface area contributed by atoms with Crippen LogP contribution in [0.2, 0.25) is 0 Å². The molecule has 0 fully saturated rings. The molecular formula is C16H13N. The molecule has 1 aliphatic heterocycles. The average Bonchev–Trinajstić information content (AvgIpc) is 2.78. The molecule has 0 saturated heterocycles. The second kappa shape index (κ2) is 3.24. The van der Waals surface area contributed by atoms with E-state index in [1.807, 2.05) is 0 Å². The molecule has 1 aromatic rings. The Bertz CT molecular complexity index is 602. The van der Waals surface area contributed by atoms with Crippen molar-refractivity contribution in [2.75, 3.05) is 5.32 Å². The van der Waals surface area contributed by atoms with E-state index in [-0.39, 0.29) is 0 Å². The Morgan fingerprint density at radius 2 is 1.94 bits per heavy atom. The molecule has 82 valence electrons. The lowest BCUT2D eigenvalue weighted by Crippen LogP contribution is -2.28. The van der Waals surface area contributed by atoms with Crippen molar-refractivity contribution in [2.24, 2.45) is 5.92 Å². The van der Waals surface area contributed by atoms with Crippen LogP contribution in [0.3, 0.4) is 0 Å². The summed E-state index contributed by atoms with van der Waals surface area (Å²) in [5.41, 5.74) is 5.45. The fourth-order valence-corrected chi connectivity index (χ4v) is 2.98. The summed E-state index contributed by atoms with van der Waals surface area (Å²) < 4.78 is 0. The third-order valence-corrected chi connectivity index (χ3v) is 3.80. The van der Waals surface area contributed by atoms with Gasteiger partial charge in [0.05, 0.1) is 6.04 Å². The van der Waals surface area contributed by atoms with Crippen LogP contribution >= 0.6 is 0 Å². The highest BCUT2D eigenvalue weighted by Gasteiger charge is 2.34. The first-order valence-electron chi connectivity index (χ1n) is 6.06. The van der Waals surface area contributed by atoms with Gasteiger partial charge < -0.3 is 5.32 Å². The van der Waals surface area contributed by atoms with Gasteiger partial charge in [-0.15, -0.1) is 0 Å². The second-order valence-corrected chi connectivity index (χ2v) is 4.73. The molecule has 0 bridgehead atoms. The lowest BCUT2D eigenvalue weighted by Gasteiger charge is -2.28. The highest BCUT2D eigenvalue weighted by atomic mass is 15.0. The molecule has 1 aromatic carbocycles. The average molecular weight is 219 g/mol. The van der Waals surface area contributed by atoms with Gasteiger partial charge in [-0.2, -0.15) is 0 Å². The molecule has 2 atom stereocenters. The van der Waals surface area contributed by atoms with Gasteiger partial charge in [-0.25, -0.2) is 0 Å². The number of hydrogen-bond donors (Lipinski definition) is 1. The van der Waals surface area contributed by atoms with Gasteiger partial charge in [-0.05, 0) is 17.2 Å². The van der Waals surface area contributed by atoms with Gasteiger partial charge in [0.25, 0.3) is 0 Å². The summed E-state index contributed by atoms with van der Waals surface area (Å²) in [6, 6.07) is 8.98. The lowest BCUT2D eigenvalue weighted by molar-refractivity contribution is 0.722. The second-order valence-electron chi connectivity index (χ2n) is 4.73. The first-order chi connectivity index (χ1) is 8.43. The van der Waals surface area contributed by atoms with Crippen LogP contribution in [-0.2, 0) is 0 Å². The van der Waals surface area contributed by atoms with Gasteiger partial charge in [0.1, 0.15) is 0 Å². The van der Waals surface area contributed by atoms with Crippen molar-refractivity contribution in [1.29, 1.82) is 0 Å². The van der Waals surface area contributed by atoms with Gasteiger partial charge in [-0.1, -0.05) is 54.7 Å². The largest absolute Gasteiger partial charge is 0.377 e. The monoisotopic (exact) mass is 219 g/mol. The van der Waals surface area contributed by atoms with Gasteiger partial charge in [0.2, 0.25) is 0 Å². The molecule has 0 amide bonds. The number of hydrogen-bond acceptors (Lipinski definition) is 1. The molecule has 1 heterocycles. The van der Waals surface area contributed by atoms with Crippen molar-refractivity contribution < 1.29 is 0 Å². The summed E-state index contributed by atoms with van der Waals surface area (Å²) in [7, 11) is 0. The molecule has 1 heteroatoms. The van der Waals surface area contributed by atoms with E-state index in [4.69, 9.17) is 0 Å². The highest BCUT2D eigenvalue weighted by Crippen LogP contribution is 2.43. The Kier molecular flexibility index (Phi) is 1.72. The smallest absolute Gasteiger partial charge is 0.0623 e. The van der Waals surface area contributed by atoms with Crippen molar-refractivity contribution in [3.63, 3.8) is 0 Å². The van der Waals surface area contributed by atoms with Crippen LogP contribution in [-0.4, -0.2) is 6.04 Å². The SMILES string of the molecule is C1=CC2=CC=C3c4ccccc4NC3C2C=C1. The quantitative estimate of drug-likeness (QED) is 0.703. The maximum Gasteiger partial charge on any atom is 0.0623 e. The highest BCUT2D eigenvalue weighted by molar-refractivity contribution is 5.89. The fourth-order valence-electron chi connectivity index (χ4n) is 2.98. The zero-order valence-corrected chi connectivity index (χ0v) is 9.43. The molecule has 2 unspecified atom stereocenters. The number of rotatable bonds is 0. The van der Waals surface area contributed by atoms with E-state index in [0.29, 0.717) is 12.0 Å². The maximum absolute atomic E-state index is 3.64. The summed E-state index contributed by atoms with van der Waals surface area (Å²) >= 11 is 0. The molecule has 2 aliphatic carbocycles. The van der Waals surface area contributed by atoms with Gasteiger partial charge in [-0.3, -0.25) is 0 Å². The first-order valence-corrected chi connectivity index (χ1v) is 6.06. The van der Waals surface area contributed by atoms with Crippen molar-refractivity contribution in [1.82, 2.24) is 0 Å². The van der Waals surface area contributed by atoms with Crippen LogP contribution in [0.5, 0.6) is 0 Å². The Balaban J connectivity index is 1.87. The van der Waals surface area contributed by atoms with Crippen molar-refractivity contribution in [3.05, 3.63) is 71.9 Å². The third kappa shape index (κ3) is 1.19. The van der Waals surface area contributed by atoms with Crippen LogP contribution in [0.1, 0.15) is 5.56 Å². The number of fused-ring (bicyclic) bond motifs is 5. The van der Waals surface area contributed by atoms with Crippen molar-refractivity contribution in [2.45, 2.75) is 6.04 Å². The summed E-state index contributed by atoms with van der Waals surface area (Å²) in [5.74, 6) is 0.479. The van der Waals surface area contributed by atoms with Crippen molar-refractivity contribution >= 4 is 11.3 Å². The predicted molar refractivity (Wildman–Crippen MR) is 71.7 cm³/mol. The molecule has 3 aliphatic rings. The summed E-state index contributed by atoms with van der Waals surface area (Å²) in [4.78, 5) is 0. The molecule has 1 nitrogen and oxygen atoms in total. The number of nitrogens with one attached hydrogen (secondary N) is 1. The molecule has 0 radical (unpaired) electrons. The van der Waals surface area contributed by atoms with E-state index >= 15 is 0 Å². The van der Waals surface area contributed by atoms with Crippen molar-refractivity contribution in [3.8, 4) is 0 Å². The van der Waals surface area contributed by atoms with Gasteiger partial charge >= 0.3 is 0 Å².